The van der Waals surface area contributed by atoms with Crippen molar-refractivity contribution in [2.45, 2.75) is 57.8 Å². The first-order chi connectivity index (χ1) is 16.4. The number of nitrogens with one attached hydrogen (secondary N) is 1. The number of fused-ring (bicyclic) bond motifs is 1. The number of ether oxygens (including phenoxy) is 2. The second-order valence-corrected chi connectivity index (χ2v) is 10.6. The summed E-state index contributed by atoms with van der Waals surface area (Å²) in [5, 5.41) is 4.74. The molecule has 0 atom stereocenters. The number of hydrogen-bond acceptors (Lipinski definition) is 7. The molecule has 0 bridgehead atoms. The fraction of sp³-hybridized carbons (Fsp3) is 0.542. The third-order valence-electron chi connectivity index (χ3n) is 6.53. The van der Waals surface area contributed by atoms with Gasteiger partial charge < -0.3 is 14.5 Å². The van der Waals surface area contributed by atoms with Crippen molar-refractivity contribution in [2.24, 2.45) is 0 Å². The molecule has 1 aromatic carbocycles. The molecule has 1 saturated carbocycles. The molecule has 10 nitrogen and oxygen atoms in total. The topological polar surface area (TPSA) is 119 Å². The Hall–Kier alpha value is -2.76. The second-order valence-electron chi connectivity index (χ2n) is 8.71. The van der Waals surface area contributed by atoms with Crippen LogP contribution >= 0.6 is 0 Å². The van der Waals surface area contributed by atoms with E-state index in [4.69, 9.17) is 14.6 Å². The van der Waals surface area contributed by atoms with Crippen molar-refractivity contribution in [2.75, 3.05) is 32.9 Å². The number of sulfonamides is 1. The molecule has 1 saturated heterocycles. The molecule has 1 N–H and O–H groups in total. The van der Waals surface area contributed by atoms with Gasteiger partial charge in [0.15, 0.2) is 11.3 Å². The van der Waals surface area contributed by atoms with Crippen LogP contribution < -0.4 is 10.3 Å². The first-order valence-electron chi connectivity index (χ1n) is 11.7. The normalized spacial score (nSPS) is 17.5. The minimum Gasteiger partial charge on any atom is -0.493 e. The maximum Gasteiger partial charge on any atom is 0.277 e. The van der Waals surface area contributed by atoms with E-state index in [0.717, 1.165) is 31.5 Å². The predicted octanol–water partition coefficient (Wildman–Crippen LogP) is 3.11. The highest BCUT2D eigenvalue weighted by Gasteiger charge is 2.29. The van der Waals surface area contributed by atoms with Crippen LogP contribution in [0.25, 0.3) is 16.9 Å². The summed E-state index contributed by atoms with van der Waals surface area (Å²) in [6.07, 6.45) is 4.29. The van der Waals surface area contributed by atoms with E-state index in [1.54, 1.807) is 10.6 Å². The van der Waals surface area contributed by atoms with Crippen molar-refractivity contribution >= 4 is 15.5 Å². The molecule has 1 aliphatic heterocycles. The van der Waals surface area contributed by atoms with Crippen LogP contribution in [0.4, 0.5) is 0 Å². The summed E-state index contributed by atoms with van der Waals surface area (Å²) in [6, 6.07) is 4.67. The van der Waals surface area contributed by atoms with Crippen molar-refractivity contribution < 1.29 is 17.9 Å². The van der Waals surface area contributed by atoms with Gasteiger partial charge in [0.25, 0.3) is 5.56 Å². The van der Waals surface area contributed by atoms with Gasteiger partial charge in [0.2, 0.25) is 10.0 Å². The Balaban J connectivity index is 0.00000289. The lowest BCUT2D eigenvalue weighted by Crippen LogP contribution is -2.40. The molecule has 0 radical (unpaired) electrons. The minimum atomic E-state index is -3.74. The van der Waals surface area contributed by atoms with E-state index in [1.165, 1.54) is 16.4 Å². The summed E-state index contributed by atoms with van der Waals surface area (Å²) < 4.78 is 40.7. The molecule has 0 unspecified atom stereocenters. The Labute approximate surface area is 205 Å². The third kappa shape index (κ3) is 4.60. The van der Waals surface area contributed by atoms with E-state index < -0.39 is 10.0 Å². The minimum absolute atomic E-state index is 0. The van der Waals surface area contributed by atoms with Crippen LogP contribution in [0, 0.1) is 6.92 Å². The Morgan fingerprint density at radius 2 is 1.91 bits per heavy atom. The van der Waals surface area contributed by atoms with Gasteiger partial charge in [-0.1, -0.05) is 20.3 Å². The van der Waals surface area contributed by atoms with Gasteiger partial charge in [-0.05, 0) is 44.9 Å². The van der Waals surface area contributed by atoms with Gasteiger partial charge in [0, 0.05) is 19.0 Å². The third-order valence-corrected chi connectivity index (χ3v) is 8.43. The summed E-state index contributed by atoms with van der Waals surface area (Å²) >= 11 is 0. The zero-order valence-electron chi connectivity index (χ0n) is 19.4. The van der Waals surface area contributed by atoms with Crippen LogP contribution in [0.2, 0.25) is 0 Å². The quantitative estimate of drug-likeness (QED) is 0.549. The number of aromatic nitrogens is 4. The van der Waals surface area contributed by atoms with E-state index in [2.05, 4.69) is 9.97 Å². The first kappa shape index (κ1) is 25.3. The van der Waals surface area contributed by atoms with Crippen LogP contribution in [-0.2, 0) is 14.8 Å². The van der Waals surface area contributed by atoms with Gasteiger partial charge >= 0.3 is 0 Å². The van der Waals surface area contributed by atoms with Crippen LogP contribution in [0.15, 0.2) is 27.9 Å². The van der Waals surface area contributed by atoms with E-state index in [1.807, 2.05) is 13.8 Å². The maximum atomic E-state index is 13.3. The molecular weight excluding hydrogens is 470 g/mol. The Morgan fingerprint density at radius 1 is 1.20 bits per heavy atom. The largest absolute Gasteiger partial charge is 0.493 e. The number of morpholine rings is 1. The van der Waals surface area contributed by atoms with E-state index in [0.29, 0.717) is 55.4 Å². The van der Waals surface area contributed by atoms with Crippen LogP contribution in [0.3, 0.4) is 0 Å². The smallest absolute Gasteiger partial charge is 0.277 e. The van der Waals surface area contributed by atoms with Crippen LogP contribution in [-0.4, -0.2) is 65.2 Å². The van der Waals surface area contributed by atoms with Crippen molar-refractivity contribution in [1.29, 1.82) is 0 Å². The average Bonchev–Trinajstić information content (AvgIpc) is 3.48. The Bertz CT molecular complexity index is 1370. The molecule has 2 fully saturated rings. The molecule has 2 aromatic heterocycles. The number of aromatic amines is 1. The average molecular weight is 504 g/mol. The molecule has 3 aromatic rings. The number of nitrogens with zero attached hydrogens (tertiary/aromatic N) is 4. The number of hydrogen-bond donors (Lipinski definition) is 1. The number of H-pyrrole nitrogens is 1. The van der Waals surface area contributed by atoms with Crippen molar-refractivity contribution in [1.82, 2.24) is 23.9 Å². The van der Waals surface area contributed by atoms with Gasteiger partial charge in [-0.25, -0.2) is 17.9 Å². The molecule has 0 spiro atoms. The van der Waals surface area contributed by atoms with E-state index in [9.17, 15) is 13.2 Å². The monoisotopic (exact) mass is 503 g/mol. The molecular formula is C24H33N5O5S. The van der Waals surface area contributed by atoms with Crippen molar-refractivity contribution in [3.8, 4) is 17.1 Å². The Kier molecular flexibility index (Phi) is 7.30. The fourth-order valence-electron chi connectivity index (χ4n) is 4.83. The van der Waals surface area contributed by atoms with Crippen molar-refractivity contribution in [3.05, 3.63) is 40.1 Å². The molecule has 35 heavy (non-hydrogen) atoms. The van der Waals surface area contributed by atoms with Gasteiger partial charge in [0.1, 0.15) is 11.6 Å². The first-order valence-corrected chi connectivity index (χ1v) is 13.2. The number of imidazole rings is 1. The molecule has 3 heterocycles. The molecule has 2 aliphatic rings. The van der Waals surface area contributed by atoms with E-state index >= 15 is 0 Å². The second kappa shape index (κ2) is 10.1. The number of aryl methyl sites for hydroxylation is 1. The molecule has 5 rings (SSSR count). The van der Waals surface area contributed by atoms with Crippen LogP contribution in [0.1, 0.15) is 57.5 Å². The highest BCUT2D eigenvalue weighted by atomic mass is 32.2. The number of benzene rings is 1. The lowest BCUT2D eigenvalue weighted by molar-refractivity contribution is 0.0730. The molecule has 1 aliphatic carbocycles. The molecule has 190 valence electrons. The standard InChI is InChI=1S/C23H29N5O5S.CH4/c1-3-33-19-9-8-17(34(30,31)27-10-12-32-13-11-27)14-18(19)21-25-23(29)20-15(2)24-22(28(20)26-21)16-6-4-5-7-16;/h8-9,14,16H,3-7,10-13H2,1-2H3,(H,25,26,29);1H4. The predicted molar refractivity (Wildman–Crippen MR) is 132 cm³/mol. The highest BCUT2D eigenvalue weighted by Crippen LogP contribution is 2.35. The highest BCUT2D eigenvalue weighted by molar-refractivity contribution is 7.89. The summed E-state index contributed by atoms with van der Waals surface area (Å²) in [5.74, 6) is 1.73. The molecule has 0 amide bonds. The Morgan fingerprint density at radius 3 is 2.60 bits per heavy atom. The van der Waals surface area contributed by atoms with Gasteiger partial charge in [0.05, 0.1) is 36.0 Å². The lowest BCUT2D eigenvalue weighted by Gasteiger charge is -2.26. The summed E-state index contributed by atoms with van der Waals surface area (Å²) in [5.41, 5.74) is 1.15. The van der Waals surface area contributed by atoms with Gasteiger partial charge in [-0.3, -0.25) is 4.79 Å². The maximum absolute atomic E-state index is 13.3. The lowest BCUT2D eigenvalue weighted by atomic mass is 10.1. The van der Waals surface area contributed by atoms with Crippen molar-refractivity contribution in [3.63, 3.8) is 0 Å². The van der Waals surface area contributed by atoms with Crippen LogP contribution in [0.5, 0.6) is 5.75 Å². The zero-order chi connectivity index (χ0) is 23.9. The molecule has 11 heteroatoms. The summed E-state index contributed by atoms with van der Waals surface area (Å²) in [4.78, 5) is 20.7. The van der Waals surface area contributed by atoms with Gasteiger partial charge in [-0.15, -0.1) is 5.10 Å². The zero-order valence-corrected chi connectivity index (χ0v) is 20.2. The fourth-order valence-corrected chi connectivity index (χ4v) is 6.27. The summed E-state index contributed by atoms with van der Waals surface area (Å²) in [6.45, 7) is 5.35. The summed E-state index contributed by atoms with van der Waals surface area (Å²) in [7, 11) is -3.74. The van der Waals surface area contributed by atoms with E-state index in [-0.39, 0.29) is 29.6 Å². The van der Waals surface area contributed by atoms with Gasteiger partial charge in [-0.2, -0.15) is 4.31 Å². The SMILES string of the molecule is C.CCOc1ccc(S(=O)(=O)N2CCOCC2)cc1-c1nn2c(C3CCCC3)nc(C)c2c(=O)[nH]1. The number of rotatable bonds is 6.